The van der Waals surface area contributed by atoms with E-state index in [1.54, 1.807) is 0 Å². The maximum Gasteiger partial charge on any atom is -0.0346 e. The molecule has 0 N–H and O–H groups in total. The van der Waals surface area contributed by atoms with Gasteiger partial charge in [0.1, 0.15) is 0 Å². The summed E-state index contributed by atoms with van der Waals surface area (Å²) in [4.78, 5) is 0. The first kappa shape index (κ1) is 23.7. The maximum atomic E-state index is 2.45. The Bertz CT molecular complexity index is 272. The number of unbranched alkanes of at least 4 members (excludes halogenated alkanes) is 8. The van der Waals surface area contributed by atoms with E-state index in [1.807, 2.05) is 0 Å². The molecule has 0 aromatic heterocycles. The van der Waals surface area contributed by atoms with Crippen LogP contribution in [0.25, 0.3) is 0 Å². The highest BCUT2D eigenvalue weighted by molar-refractivity contribution is 4.92. The topological polar surface area (TPSA) is 0 Å². The van der Waals surface area contributed by atoms with E-state index >= 15 is 0 Å². The molecule has 0 spiro atoms. The molecule has 0 radical (unpaired) electrons. The van der Waals surface area contributed by atoms with Crippen LogP contribution in [0.2, 0.25) is 0 Å². The van der Waals surface area contributed by atoms with Crippen molar-refractivity contribution in [3.8, 4) is 0 Å². The Morgan fingerprint density at radius 2 is 1.29 bits per heavy atom. The van der Waals surface area contributed by atoms with Crippen LogP contribution in [0, 0.1) is 11.8 Å². The molecule has 0 fully saturated rings. The summed E-state index contributed by atoms with van der Waals surface area (Å²) in [5.41, 5.74) is 1.47. The van der Waals surface area contributed by atoms with Crippen molar-refractivity contribution in [3.05, 3.63) is 11.6 Å². The number of allylic oxidation sites excluding steroid dienone is 2. The third-order valence-corrected chi connectivity index (χ3v) is 5.57. The van der Waals surface area contributed by atoms with Crippen molar-refractivity contribution in [1.82, 2.24) is 0 Å². The predicted molar refractivity (Wildman–Crippen MR) is 113 cm³/mol. The highest BCUT2D eigenvalue weighted by atomic mass is 14.1. The number of rotatable bonds is 17. The van der Waals surface area contributed by atoms with Gasteiger partial charge in [-0.2, -0.15) is 0 Å². The summed E-state index contributed by atoms with van der Waals surface area (Å²) in [6.45, 7) is 11.6. The molecule has 0 aliphatic rings. The summed E-state index contributed by atoms with van der Waals surface area (Å²) < 4.78 is 0. The average molecular weight is 337 g/mol. The second-order valence-corrected chi connectivity index (χ2v) is 8.43. The van der Waals surface area contributed by atoms with Gasteiger partial charge in [0.2, 0.25) is 0 Å². The molecule has 0 heteroatoms. The van der Waals surface area contributed by atoms with E-state index < -0.39 is 0 Å². The van der Waals surface area contributed by atoms with Crippen LogP contribution in [-0.4, -0.2) is 0 Å². The van der Waals surface area contributed by atoms with Crippen molar-refractivity contribution in [2.75, 3.05) is 0 Å². The molecule has 2 atom stereocenters. The summed E-state index contributed by atoms with van der Waals surface area (Å²) in [6, 6.07) is 0. The predicted octanol–water partition coefficient (Wildman–Crippen LogP) is 9.10. The van der Waals surface area contributed by atoms with E-state index in [-0.39, 0.29) is 0 Å². The first-order chi connectivity index (χ1) is 11.6. The van der Waals surface area contributed by atoms with Crippen LogP contribution in [0.15, 0.2) is 11.6 Å². The summed E-state index contributed by atoms with van der Waals surface area (Å²) in [7, 11) is 0. The van der Waals surface area contributed by atoms with E-state index in [9.17, 15) is 0 Å². The Hall–Kier alpha value is -0.260. The molecule has 0 amide bonds. The van der Waals surface area contributed by atoms with Gasteiger partial charge in [-0.05, 0) is 38.5 Å². The summed E-state index contributed by atoms with van der Waals surface area (Å²) in [6.07, 6.45) is 23.9. The van der Waals surface area contributed by atoms with Crippen LogP contribution < -0.4 is 0 Å². The maximum absolute atomic E-state index is 2.45. The number of hydrogen-bond donors (Lipinski definition) is 0. The van der Waals surface area contributed by atoms with E-state index in [0.29, 0.717) is 0 Å². The van der Waals surface area contributed by atoms with E-state index in [1.165, 1.54) is 102 Å². The van der Waals surface area contributed by atoms with Gasteiger partial charge in [-0.3, -0.25) is 0 Å². The van der Waals surface area contributed by atoms with Crippen molar-refractivity contribution in [1.29, 1.82) is 0 Å². The smallest absolute Gasteiger partial charge is 0.0346 e. The summed E-state index contributed by atoms with van der Waals surface area (Å²) >= 11 is 0. The normalized spacial score (nSPS) is 13.7. The Balaban J connectivity index is 3.53. The standard InChI is InChI=1S/C24H48/c1-6-8-9-10-11-12-13-14-15-19-24(7-2)21-20-23(5)18-16-17-22(3)4/h17,23-24H,6-16,18-21H2,1-5H3. The second kappa shape index (κ2) is 17.6. The molecule has 0 saturated carbocycles. The van der Waals surface area contributed by atoms with Crippen LogP contribution in [0.5, 0.6) is 0 Å². The fourth-order valence-corrected chi connectivity index (χ4v) is 3.62. The van der Waals surface area contributed by atoms with Gasteiger partial charge < -0.3 is 0 Å². The third kappa shape index (κ3) is 16.6. The van der Waals surface area contributed by atoms with Gasteiger partial charge in [0.25, 0.3) is 0 Å². The largest absolute Gasteiger partial charge is 0.0859 e. The lowest BCUT2D eigenvalue weighted by Gasteiger charge is -2.17. The molecule has 0 aliphatic heterocycles. The van der Waals surface area contributed by atoms with Gasteiger partial charge in [0, 0.05) is 0 Å². The van der Waals surface area contributed by atoms with Gasteiger partial charge in [-0.15, -0.1) is 0 Å². The Morgan fingerprint density at radius 1 is 0.708 bits per heavy atom. The Kier molecular flexibility index (Phi) is 17.4. The van der Waals surface area contributed by atoms with Crippen molar-refractivity contribution in [2.45, 2.75) is 131 Å². The first-order valence-electron chi connectivity index (χ1n) is 11.2. The van der Waals surface area contributed by atoms with E-state index in [0.717, 1.165) is 11.8 Å². The highest BCUT2D eigenvalue weighted by Gasteiger charge is 2.09. The molecule has 0 aliphatic carbocycles. The lowest BCUT2D eigenvalue weighted by molar-refractivity contribution is 0.359. The summed E-state index contributed by atoms with van der Waals surface area (Å²) in [5, 5.41) is 0. The number of hydrogen-bond acceptors (Lipinski definition) is 0. The third-order valence-electron chi connectivity index (χ3n) is 5.57. The van der Waals surface area contributed by atoms with Crippen molar-refractivity contribution in [3.63, 3.8) is 0 Å². The lowest BCUT2D eigenvalue weighted by Crippen LogP contribution is -2.03. The van der Waals surface area contributed by atoms with Gasteiger partial charge in [0.15, 0.2) is 0 Å². The fourth-order valence-electron chi connectivity index (χ4n) is 3.62. The van der Waals surface area contributed by atoms with Crippen LogP contribution in [-0.2, 0) is 0 Å². The quantitative estimate of drug-likeness (QED) is 0.183. The highest BCUT2D eigenvalue weighted by Crippen LogP contribution is 2.24. The van der Waals surface area contributed by atoms with Crippen LogP contribution in [0.4, 0.5) is 0 Å². The van der Waals surface area contributed by atoms with Gasteiger partial charge in [0.05, 0.1) is 0 Å². The Morgan fingerprint density at radius 3 is 1.83 bits per heavy atom. The van der Waals surface area contributed by atoms with Crippen LogP contribution in [0.3, 0.4) is 0 Å². The van der Waals surface area contributed by atoms with Crippen LogP contribution >= 0.6 is 0 Å². The zero-order valence-electron chi connectivity index (χ0n) is 17.8. The zero-order valence-corrected chi connectivity index (χ0v) is 17.8. The summed E-state index contributed by atoms with van der Waals surface area (Å²) in [5.74, 6) is 1.89. The molecule has 24 heavy (non-hydrogen) atoms. The Labute approximate surface area is 154 Å². The minimum Gasteiger partial charge on any atom is -0.0859 e. The molecule has 2 unspecified atom stereocenters. The van der Waals surface area contributed by atoms with Gasteiger partial charge in [-0.1, -0.05) is 116 Å². The molecule has 0 aromatic rings. The molecule has 0 saturated heterocycles. The van der Waals surface area contributed by atoms with Crippen molar-refractivity contribution >= 4 is 0 Å². The molecular formula is C24H48. The minimum absolute atomic E-state index is 0.901. The van der Waals surface area contributed by atoms with E-state index in [2.05, 4.69) is 40.7 Å². The molecular weight excluding hydrogens is 288 g/mol. The first-order valence-corrected chi connectivity index (χ1v) is 11.2. The molecule has 0 nitrogen and oxygen atoms in total. The monoisotopic (exact) mass is 336 g/mol. The minimum atomic E-state index is 0.901. The molecule has 0 rings (SSSR count). The SMILES string of the molecule is CCCCCCCCCCCC(CC)CCC(C)CCC=C(C)C. The fraction of sp³-hybridized carbons (Fsp3) is 0.917. The molecule has 0 bridgehead atoms. The molecule has 0 heterocycles. The molecule has 144 valence electrons. The van der Waals surface area contributed by atoms with Crippen molar-refractivity contribution in [2.24, 2.45) is 11.8 Å². The van der Waals surface area contributed by atoms with Gasteiger partial charge in [-0.25, -0.2) is 0 Å². The molecule has 0 aromatic carbocycles. The zero-order chi connectivity index (χ0) is 18.0. The second-order valence-electron chi connectivity index (χ2n) is 8.43. The average Bonchev–Trinajstić information content (AvgIpc) is 2.55. The lowest BCUT2D eigenvalue weighted by atomic mass is 9.89. The van der Waals surface area contributed by atoms with Crippen LogP contribution in [0.1, 0.15) is 131 Å². The van der Waals surface area contributed by atoms with Gasteiger partial charge >= 0.3 is 0 Å². The van der Waals surface area contributed by atoms with E-state index in [4.69, 9.17) is 0 Å². The van der Waals surface area contributed by atoms with Crippen molar-refractivity contribution < 1.29 is 0 Å².